The van der Waals surface area contributed by atoms with E-state index < -0.39 is 20.2 Å². The van der Waals surface area contributed by atoms with Gasteiger partial charge < -0.3 is 0 Å². The quantitative estimate of drug-likeness (QED) is 0.356. The number of benzene rings is 2. The second-order valence-corrected chi connectivity index (χ2v) is 11.3. The molecule has 0 aliphatic carbocycles. The Hall–Kier alpha value is -0.880. The van der Waals surface area contributed by atoms with Gasteiger partial charge in [-0.3, -0.25) is 9.11 Å². The SMILES string of the molecule is O=S(=O)(O)c1cccc(PCCCCPc2cccc(S(=O)(=O)O)c2)c1. The molecule has 2 N–H and O–H groups in total. The van der Waals surface area contributed by atoms with Crippen LogP contribution >= 0.6 is 17.2 Å². The van der Waals surface area contributed by atoms with Crippen molar-refractivity contribution in [1.82, 2.24) is 0 Å². The highest BCUT2D eigenvalue weighted by Crippen LogP contribution is 2.19. The Kier molecular flexibility index (Phi) is 7.71. The van der Waals surface area contributed by atoms with Gasteiger partial charge in [0.15, 0.2) is 0 Å². The second kappa shape index (κ2) is 9.36. The van der Waals surface area contributed by atoms with Gasteiger partial charge in [-0.1, -0.05) is 41.4 Å². The van der Waals surface area contributed by atoms with Gasteiger partial charge in [-0.2, -0.15) is 16.8 Å². The fourth-order valence-electron chi connectivity index (χ4n) is 2.25. The van der Waals surface area contributed by atoms with Crippen molar-refractivity contribution < 1.29 is 25.9 Å². The number of unbranched alkanes of at least 4 members (excludes halogenated alkanes) is 1. The predicted molar refractivity (Wildman–Crippen MR) is 107 cm³/mol. The number of rotatable bonds is 9. The van der Waals surface area contributed by atoms with Gasteiger partial charge in [0.1, 0.15) is 0 Å². The topological polar surface area (TPSA) is 109 Å². The molecule has 10 heteroatoms. The third-order valence-corrected chi connectivity index (χ3v) is 7.87. The summed E-state index contributed by atoms with van der Waals surface area (Å²) in [6, 6.07) is 12.7. The lowest BCUT2D eigenvalue weighted by Crippen LogP contribution is -2.04. The van der Waals surface area contributed by atoms with E-state index in [2.05, 4.69) is 0 Å². The van der Waals surface area contributed by atoms with Crippen molar-refractivity contribution in [2.45, 2.75) is 22.6 Å². The Bertz CT molecular complexity index is 879. The molecule has 2 unspecified atom stereocenters. The van der Waals surface area contributed by atoms with E-state index in [1.165, 1.54) is 24.3 Å². The molecule has 0 aliphatic rings. The highest BCUT2D eigenvalue weighted by molar-refractivity contribution is 7.86. The Morgan fingerprint density at radius 2 is 1.08 bits per heavy atom. The van der Waals surface area contributed by atoms with E-state index in [9.17, 15) is 16.8 Å². The Balaban J connectivity index is 1.75. The number of hydrogen-bond donors (Lipinski definition) is 2. The van der Waals surface area contributed by atoms with Crippen LogP contribution in [-0.4, -0.2) is 38.3 Å². The van der Waals surface area contributed by atoms with Gasteiger partial charge in [0, 0.05) is 0 Å². The molecule has 0 spiro atoms. The Morgan fingerprint density at radius 3 is 1.42 bits per heavy atom. The van der Waals surface area contributed by atoms with Crippen LogP contribution in [-0.2, 0) is 20.2 Å². The largest absolute Gasteiger partial charge is 0.294 e. The molecular formula is C16H20O6P2S2. The van der Waals surface area contributed by atoms with Gasteiger partial charge in [-0.15, -0.1) is 0 Å². The summed E-state index contributed by atoms with van der Waals surface area (Å²) in [7, 11) is -7.40. The fourth-order valence-corrected chi connectivity index (χ4v) is 5.88. The van der Waals surface area contributed by atoms with Gasteiger partial charge in [0.2, 0.25) is 0 Å². The van der Waals surface area contributed by atoms with Crippen molar-refractivity contribution >= 4 is 48.0 Å². The minimum Gasteiger partial charge on any atom is -0.282 e. The average molecular weight is 434 g/mol. The molecule has 0 saturated heterocycles. The molecule has 2 rings (SSSR count). The summed E-state index contributed by atoms with van der Waals surface area (Å²) in [5, 5.41) is 1.78. The first kappa shape index (κ1) is 21.4. The molecule has 0 aliphatic heterocycles. The maximum absolute atomic E-state index is 11.1. The van der Waals surface area contributed by atoms with Gasteiger partial charge >= 0.3 is 0 Å². The first-order valence-electron chi connectivity index (χ1n) is 7.79. The van der Waals surface area contributed by atoms with Gasteiger partial charge in [-0.25, -0.2) is 0 Å². The predicted octanol–water partition coefficient (Wildman–Crippen LogP) is 2.27. The average Bonchev–Trinajstić information content (AvgIpc) is 2.57. The summed E-state index contributed by atoms with van der Waals surface area (Å²) in [6.45, 7) is 0. The Labute approximate surface area is 157 Å². The molecule has 0 amide bonds. The van der Waals surface area contributed by atoms with Crippen LogP contribution in [0.3, 0.4) is 0 Å². The zero-order valence-electron chi connectivity index (χ0n) is 13.8. The summed E-state index contributed by atoms with van der Waals surface area (Å²) < 4.78 is 62.6. The van der Waals surface area contributed by atoms with Gasteiger partial charge in [0.05, 0.1) is 9.79 Å². The molecule has 6 nitrogen and oxygen atoms in total. The molecule has 0 fully saturated rings. The van der Waals surface area contributed by atoms with E-state index in [1.807, 2.05) is 12.1 Å². The molecule has 26 heavy (non-hydrogen) atoms. The van der Waals surface area contributed by atoms with E-state index in [1.54, 1.807) is 12.1 Å². The molecule has 0 heterocycles. The molecule has 2 atom stereocenters. The molecule has 142 valence electrons. The van der Waals surface area contributed by atoms with Gasteiger partial charge in [-0.05, 0) is 60.0 Å². The standard InChI is InChI=1S/C16H20O6P2S2/c17-25(18,19)15-7-3-5-13(11-15)23-9-1-2-10-24-14-6-4-8-16(12-14)26(20,21)22/h3-8,11-12,23-24H,1-2,9-10H2,(H,17,18,19)(H,20,21,22). The van der Waals surface area contributed by atoms with Crippen LogP contribution in [0.5, 0.6) is 0 Å². The summed E-state index contributed by atoms with van der Waals surface area (Å²) in [5.74, 6) is 0. The summed E-state index contributed by atoms with van der Waals surface area (Å²) in [5.41, 5.74) is 0. The maximum atomic E-state index is 11.1. The molecular weight excluding hydrogens is 414 g/mol. The normalized spacial score (nSPS) is 13.2. The number of hydrogen-bond acceptors (Lipinski definition) is 4. The van der Waals surface area contributed by atoms with E-state index in [0.717, 1.165) is 35.8 Å². The highest BCUT2D eigenvalue weighted by Gasteiger charge is 2.10. The highest BCUT2D eigenvalue weighted by atomic mass is 32.2. The molecule has 0 radical (unpaired) electrons. The van der Waals surface area contributed by atoms with E-state index in [-0.39, 0.29) is 9.79 Å². The minimum atomic E-state index is -4.16. The van der Waals surface area contributed by atoms with Crippen LogP contribution in [0.4, 0.5) is 0 Å². The van der Waals surface area contributed by atoms with Crippen molar-refractivity contribution in [3.05, 3.63) is 48.5 Å². The third kappa shape index (κ3) is 7.03. The van der Waals surface area contributed by atoms with Gasteiger partial charge in [0.25, 0.3) is 20.2 Å². The lowest BCUT2D eigenvalue weighted by atomic mass is 10.4. The zero-order chi connectivity index (χ0) is 19.2. The monoisotopic (exact) mass is 434 g/mol. The van der Waals surface area contributed by atoms with Crippen molar-refractivity contribution in [2.24, 2.45) is 0 Å². The summed E-state index contributed by atoms with van der Waals surface area (Å²) in [4.78, 5) is -0.162. The molecule has 0 bridgehead atoms. The van der Waals surface area contributed by atoms with Crippen LogP contribution in [0.1, 0.15) is 12.8 Å². The van der Waals surface area contributed by atoms with E-state index >= 15 is 0 Å². The Morgan fingerprint density at radius 1 is 0.692 bits per heavy atom. The van der Waals surface area contributed by atoms with Crippen LogP contribution in [0, 0.1) is 0 Å². The molecule has 2 aromatic carbocycles. The minimum absolute atomic E-state index is 0.0808. The van der Waals surface area contributed by atoms with Crippen LogP contribution in [0.25, 0.3) is 0 Å². The zero-order valence-corrected chi connectivity index (χ0v) is 17.4. The lowest BCUT2D eigenvalue weighted by Gasteiger charge is -2.05. The van der Waals surface area contributed by atoms with E-state index in [0.29, 0.717) is 17.2 Å². The van der Waals surface area contributed by atoms with Crippen LogP contribution in [0.2, 0.25) is 0 Å². The lowest BCUT2D eigenvalue weighted by molar-refractivity contribution is 0.481. The smallest absolute Gasteiger partial charge is 0.282 e. The fraction of sp³-hybridized carbons (Fsp3) is 0.250. The van der Waals surface area contributed by atoms with Crippen LogP contribution in [0.15, 0.2) is 58.3 Å². The molecule has 0 saturated carbocycles. The summed E-state index contributed by atoms with van der Waals surface area (Å²) >= 11 is 0. The second-order valence-electron chi connectivity index (χ2n) is 5.57. The first-order valence-corrected chi connectivity index (χ1v) is 13.1. The van der Waals surface area contributed by atoms with Crippen molar-refractivity contribution in [3.63, 3.8) is 0 Å². The summed E-state index contributed by atoms with van der Waals surface area (Å²) in [6.07, 6.45) is 3.79. The van der Waals surface area contributed by atoms with Crippen molar-refractivity contribution in [1.29, 1.82) is 0 Å². The van der Waals surface area contributed by atoms with Crippen molar-refractivity contribution in [3.8, 4) is 0 Å². The molecule has 2 aromatic rings. The third-order valence-electron chi connectivity index (χ3n) is 3.53. The van der Waals surface area contributed by atoms with Crippen LogP contribution < -0.4 is 10.6 Å². The van der Waals surface area contributed by atoms with E-state index in [4.69, 9.17) is 9.11 Å². The first-order chi connectivity index (χ1) is 12.2. The van der Waals surface area contributed by atoms with Crippen molar-refractivity contribution in [2.75, 3.05) is 12.3 Å². The molecule has 0 aromatic heterocycles. The maximum Gasteiger partial charge on any atom is 0.294 e.